The van der Waals surface area contributed by atoms with Crippen molar-refractivity contribution < 1.29 is 0 Å². The van der Waals surface area contributed by atoms with Gasteiger partial charge in [-0.1, -0.05) is 75.4 Å². The molecule has 0 amide bonds. The molecule has 0 spiro atoms. The van der Waals surface area contributed by atoms with Crippen LogP contribution in [0.4, 0.5) is 0 Å². The third kappa shape index (κ3) is 6.13. The topological polar surface area (TPSA) is 12.0 Å². The van der Waals surface area contributed by atoms with Gasteiger partial charge in [-0.25, -0.2) is 0 Å². The monoisotopic (exact) mass is 251 g/mol. The van der Waals surface area contributed by atoms with Crippen molar-refractivity contribution in [1.29, 1.82) is 0 Å². The smallest absolute Gasteiger partial charge is 0.0330 e. The molecular weight excluding hydrogens is 226 g/mol. The van der Waals surface area contributed by atoms with Crippen molar-refractivity contribution in [2.75, 3.05) is 0 Å². The highest BCUT2D eigenvalue weighted by Gasteiger charge is 2.12. The molecule has 1 fully saturated rings. The highest BCUT2D eigenvalue weighted by molar-refractivity contribution is 7.96. The van der Waals surface area contributed by atoms with E-state index in [-0.39, 0.29) is 0 Å². The Balaban J connectivity index is 0.000000686. The molecule has 0 radical (unpaired) electrons. The van der Waals surface area contributed by atoms with Gasteiger partial charge in [0.1, 0.15) is 0 Å². The SMILES string of the molecule is CC.c1ccc(CSNC2CCCCC2)cc1. The summed E-state index contributed by atoms with van der Waals surface area (Å²) in [5.41, 5.74) is 1.41. The van der Waals surface area contributed by atoms with Gasteiger partial charge < -0.3 is 0 Å². The molecule has 0 heterocycles. The molecule has 1 nitrogen and oxygen atoms in total. The van der Waals surface area contributed by atoms with E-state index in [9.17, 15) is 0 Å². The number of nitrogens with one attached hydrogen (secondary N) is 1. The van der Waals surface area contributed by atoms with Gasteiger partial charge in [-0.3, -0.25) is 4.72 Å². The van der Waals surface area contributed by atoms with Crippen LogP contribution < -0.4 is 4.72 Å². The van der Waals surface area contributed by atoms with E-state index in [4.69, 9.17) is 0 Å². The van der Waals surface area contributed by atoms with Crippen LogP contribution in [0.5, 0.6) is 0 Å². The van der Waals surface area contributed by atoms with E-state index in [0.29, 0.717) is 0 Å². The Labute approximate surface area is 111 Å². The van der Waals surface area contributed by atoms with Gasteiger partial charge in [0.2, 0.25) is 0 Å². The molecule has 1 aliphatic rings. The Kier molecular flexibility index (Phi) is 8.20. The third-order valence-corrected chi connectivity index (χ3v) is 3.91. The maximum atomic E-state index is 3.59. The minimum atomic E-state index is 0.757. The summed E-state index contributed by atoms with van der Waals surface area (Å²) in [5.74, 6) is 1.08. The molecule has 2 rings (SSSR count). The highest BCUT2D eigenvalue weighted by Crippen LogP contribution is 2.20. The number of hydrogen-bond donors (Lipinski definition) is 1. The molecule has 0 atom stereocenters. The lowest BCUT2D eigenvalue weighted by atomic mass is 9.96. The molecule has 1 aromatic rings. The average Bonchev–Trinajstić information content (AvgIpc) is 2.43. The molecule has 0 aliphatic heterocycles. The van der Waals surface area contributed by atoms with Crippen molar-refractivity contribution in [3.05, 3.63) is 35.9 Å². The Morgan fingerprint density at radius 3 is 2.35 bits per heavy atom. The predicted octanol–water partition coefficient (Wildman–Crippen LogP) is 4.78. The van der Waals surface area contributed by atoms with Gasteiger partial charge in [-0.05, 0) is 18.4 Å². The van der Waals surface area contributed by atoms with E-state index in [2.05, 4.69) is 35.1 Å². The maximum Gasteiger partial charge on any atom is 0.0330 e. The summed E-state index contributed by atoms with van der Waals surface area (Å²) in [7, 11) is 0. The van der Waals surface area contributed by atoms with Crippen LogP contribution in [0.1, 0.15) is 51.5 Å². The zero-order valence-electron chi connectivity index (χ0n) is 11.1. The van der Waals surface area contributed by atoms with Crippen molar-refractivity contribution in [3.63, 3.8) is 0 Å². The van der Waals surface area contributed by atoms with Gasteiger partial charge in [0.25, 0.3) is 0 Å². The Morgan fingerprint density at radius 1 is 1.06 bits per heavy atom. The lowest BCUT2D eigenvalue weighted by Gasteiger charge is -2.22. The Morgan fingerprint density at radius 2 is 1.71 bits per heavy atom. The first-order valence-electron chi connectivity index (χ1n) is 6.86. The minimum Gasteiger partial charge on any atom is -0.261 e. The molecule has 0 bridgehead atoms. The first kappa shape index (κ1) is 14.6. The number of rotatable bonds is 4. The van der Waals surface area contributed by atoms with E-state index in [1.807, 2.05) is 25.8 Å². The molecule has 96 valence electrons. The molecule has 17 heavy (non-hydrogen) atoms. The van der Waals surface area contributed by atoms with Crippen molar-refractivity contribution in [1.82, 2.24) is 4.72 Å². The highest BCUT2D eigenvalue weighted by atomic mass is 32.2. The summed E-state index contributed by atoms with van der Waals surface area (Å²) in [5, 5.41) is 0. The molecule has 1 aromatic carbocycles. The molecule has 2 heteroatoms. The molecule has 1 saturated carbocycles. The van der Waals surface area contributed by atoms with Gasteiger partial charge >= 0.3 is 0 Å². The fourth-order valence-electron chi connectivity index (χ4n) is 2.04. The zero-order chi connectivity index (χ0) is 12.3. The fraction of sp³-hybridized carbons (Fsp3) is 0.600. The van der Waals surface area contributed by atoms with E-state index in [1.54, 1.807) is 0 Å². The van der Waals surface area contributed by atoms with Crippen molar-refractivity contribution in [2.24, 2.45) is 0 Å². The lowest BCUT2D eigenvalue weighted by molar-refractivity contribution is 0.423. The first-order chi connectivity index (χ1) is 8.45. The third-order valence-electron chi connectivity index (χ3n) is 2.94. The second kappa shape index (κ2) is 9.55. The summed E-state index contributed by atoms with van der Waals surface area (Å²) in [6.45, 7) is 4.00. The van der Waals surface area contributed by atoms with Crippen LogP contribution in [0.25, 0.3) is 0 Å². The molecule has 0 aromatic heterocycles. The minimum absolute atomic E-state index is 0.757. The Hall–Kier alpha value is -0.470. The molecular formula is C15H25NS. The summed E-state index contributed by atoms with van der Waals surface area (Å²) >= 11 is 1.86. The van der Waals surface area contributed by atoms with E-state index >= 15 is 0 Å². The van der Waals surface area contributed by atoms with Crippen molar-refractivity contribution in [2.45, 2.75) is 57.7 Å². The van der Waals surface area contributed by atoms with Crippen molar-refractivity contribution in [3.8, 4) is 0 Å². The standard InChI is InChI=1S/C13H19NS.C2H6/c1-3-7-12(8-4-1)11-15-14-13-9-5-2-6-10-13;1-2/h1,3-4,7-8,13-14H,2,5-6,9-11H2;1-2H3. The second-order valence-corrected chi connectivity index (χ2v) is 5.04. The molecule has 1 N–H and O–H groups in total. The van der Waals surface area contributed by atoms with E-state index < -0.39 is 0 Å². The lowest BCUT2D eigenvalue weighted by Crippen LogP contribution is -2.25. The van der Waals surface area contributed by atoms with Crippen LogP contribution in [-0.2, 0) is 5.75 Å². The van der Waals surface area contributed by atoms with Crippen molar-refractivity contribution >= 4 is 11.9 Å². The van der Waals surface area contributed by atoms with E-state index in [0.717, 1.165) is 11.8 Å². The van der Waals surface area contributed by atoms with Crippen LogP contribution in [0.2, 0.25) is 0 Å². The van der Waals surface area contributed by atoms with Gasteiger partial charge in [-0.15, -0.1) is 0 Å². The summed E-state index contributed by atoms with van der Waals surface area (Å²) in [6, 6.07) is 11.4. The van der Waals surface area contributed by atoms with Gasteiger partial charge in [-0.2, -0.15) is 0 Å². The van der Waals surface area contributed by atoms with Crippen LogP contribution in [0, 0.1) is 0 Å². The van der Waals surface area contributed by atoms with Crippen LogP contribution in [-0.4, -0.2) is 6.04 Å². The maximum absolute atomic E-state index is 3.59. The Bertz CT molecular complexity index is 268. The molecule has 0 unspecified atom stereocenters. The van der Waals surface area contributed by atoms with Crippen LogP contribution in [0.15, 0.2) is 30.3 Å². The van der Waals surface area contributed by atoms with E-state index in [1.165, 1.54) is 37.7 Å². The average molecular weight is 251 g/mol. The quantitative estimate of drug-likeness (QED) is 0.773. The summed E-state index contributed by atoms with van der Waals surface area (Å²) in [4.78, 5) is 0. The zero-order valence-corrected chi connectivity index (χ0v) is 11.9. The predicted molar refractivity (Wildman–Crippen MR) is 79.1 cm³/mol. The fourth-order valence-corrected chi connectivity index (χ4v) is 2.95. The summed E-state index contributed by atoms with van der Waals surface area (Å²) in [6.07, 6.45) is 6.97. The largest absolute Gasteiger partial charge is 0.261 e. The van der Waals surface area contributed by atoms with Gasteiger partial charge in [0.05, 0.1) is 0 Å². The molecule has 1 aliphatic carbocycles. The second-order valence-electron chi connectivity index (χ2n) is 4.23. The number of benzene rings is 1. The van der Waals surface area contributed by atoms with Gasteiger partial charge in [0.15, 0.2) is 0 Å². The van der Waals surface area contributed by atoms with Crippen LogP contribution >= 0.6 is 11.9 Å². The summed E-state index contributed by atoms with van der Waals surface area (Å²) < 4.78 is 3.59. The first-order valence-corrected chi connectivity index (χ1v) is 7.85. The van der Waals surface area contributed by atoms with Gasteiger partial charge in [0, 0.05) is 11.8 Å². The molecule has 0 saturated heterocycles. The van der Waals surface area contributed by atoms with Crippen LogP contribution in [0.3, 0.4) is 0 Å². The number of hydrogen-bond acceptors (Lipinski definition) is 2. The normalized spacial score (nSPS) is 16.1.